The van der Waals surface area contributed by atoms with E-state index in [2.05, 4.69) is 20.8 Å². The lowest BCUT2D eigenvalue weighted by Crippen LogP contribution is -2.43. The number of benzene rings is 4. The Morgan fingerprint density at radius 3 is 2.23 bits per heavy atom. The molecule has 198 valence electrons. The van der Waals surface area contributed by atoms with E-state index in [4.69, 9.17) is 4.98 Å². The molecule has 4 nitrogen and oxygen atoms in total. The van der Waals surface area contributed by atoms with Crippen molar-refractivity contribution in [3.63, 3.8) is 0 Å². The SMILES string of the molecule is CC(C)[C@@H]1CC[C@@H](C)C[C@@]1(O)c1cccc(-c2cc3ccccc3c(-c3c(O)ccc4ccccc34)c2O)n1. The van der Waals surface area contributed by atoms with Crippen LogP contribution in [0.4, 0.5) is 0 Å². The Morgan fingerprint density at radius 1 is 0.795 bits per heavy atom. The number of rotatable bonds is 4. The molecule has 1 fully saturated rings. The highest BCUT2D eigenvalue weighted by Gasteiger charge is 2.45. The smallest absolute Gasteiger partial charge is 0.133 e. The second kappa shape index (κ2) is 9.69. The minimum Gasteiger partial charge on any atom is -0.507 e. The lowest BCUT2D eigenvalue weighted by molar-refractivity contribution is -0.0896. The zero-order valence-corrected chi connectivity index (χ0v) is 22.7. The number of pyridine rings is 1. The number of fused-ring (bicyclic) bond motifs is 2. The molecular weight excluding hydrogens is 482 g/mol. The summed E-state index contributed by atoms with van der Waals surface area (Å²) in [6.45, 7) is 6.55. The Balaban J connectivity index is 1.59. The summed E-state index contributed by atoms with van der Waals surface area (Å²) in [6.07, 6.45) is 2.74. The molecule has 1 aliphatic carbocycles. The number of hydrogen-bond donors (Lipinski definition) is 3. The maximum absolute atomic E-state index is 12.1. The molecule has 3 atom stereocenters. The molecule has 0 amide bonds. The van der Waals surface area contributed by atoms with Gasteiger partial charge in [0.15, 0.2) is 0 Å². The molecule has 1 aliphatic rings. The van der Waals surface area contributed by atoms with Crippen LogP contribution >= 0.6 is 0 Å². The van der Waals surface area contributed by atoms with Crippen molar-refractivity contribution in [2.45, 2.75) is 45.6 Å². The van der Waals surface area contributed by atoms with E-state index in [1.54, 1.807) is 6.07 Å². The number of aromatic nitrogens is 1. The molecule has 5 aromatic rings. The Kier molecular flexibility index (Phi) is 6.31. The van der Waals surface area contributed by atoms with Crippen LogP contribution in [0.2, 0.25) is 0 Å². The van der Waals surface area contributed by atoms with Crippen LogP contribution in [0.1, 0.15) is 45.7 Å². The van der Waals surface area contributed by atoms with E-state index in [0.717, 1.165) is 34.4 Å². The lowest BCUT2D eigenvalue weighted by Gasteiger charge is -2.44. The highest BCUT2D eigenvalue weighted by molar-refractivity contribution is 6.11. The number of phenols is 2. The molecule has 1 saturated carbocycles. The van der Waals surface area contributed by atoms with Gasteiger partial charge in [0.05, 0.1) is 11.4 Å². The summed E-state index contributed by atoms with van der Waals surface area (Å²) in [5, 5.41) is 38.7. The average molecular weight is 518 g/mol. The quantitative estimate of drug-likeness (QED) is 0.224. The van der Waals surface area contributed by atoms with Crippen molar-refractivity contribution in [3.05, 3.63) is 90.6 Å². The fourth-order valence-electron chi connectivity index (χ4n) is 6.80. The third-order valence-electron chi connectivity index (χ3n) is 8.70. The first kappa shape index (κ1) is 25.4. The van der Waals surface area contributed by atoms with Crippen LogP contribution in [0.25, 0.3) is 43.9 Å². The second-order valence-corrected chi connectivity index (χ2v) is 11.6. The average Bonchev–Trinajstić information content (AvgIpc) is 2.93. The maximum atomic E-state index is 12.1. The molecule has 0 spiro atoms. The first-order valence-corrected chi connectivity index (χ1v) is 13.9. The first-order valence-electron chi connectivity index (χ1n) is 13.9. The van der Waals surface area contributed by atoms with E-state index in [1.165, 1.54) is 0 Å². The van der Waals surface area contributed by atoms with Crippen LogP contribution in [-0.2, 0) is 5.60 Å². The van der Waals surface area contributed by atoms with Gasteiger partial charge in [-0.05, 0) is 76.4 Å². The van der Waals surface area contributed by atoms with Crippen LogP contribution in [0.5, 0.6) is 11.5 Å². The molecule has 0 radical (unpaired) electrons. The molecule has 6 rings (SSSR count). The van der Waals surface area contributed by atoms with Gasteiger partial charge in [0.1, 0.15) is 17.1 Å². The summed E-state index contributed by atoms with van der Waals surface area (Å²) in [6, 6.07) is 27.0. The summed E-state index contributed by atoms with van der Waals surface area (Å²) >= 11 is 0. The first-order chi connectivity index (χ1) is 18.8. The Labute approximate surface area is 229 Å². The van der Waals surface area contributed by atoms with E-state index in [0.29, 0.717) is 46.3 Å². The highest BCUT2D eigenvalue weighted by atomic mass is 16.3. The normalized spacial score (nSPS) is 21.6. The van der Waals surface area contributed by atoms with Crippen molar-refractivity contribution in [1.82, 2.24) is 4.98 Å². The zero-order chi connectivity index (χ0) is 27.3. The number of nitrogens with zero attached hydrogens (tertiary/aromatic N) is 1. The molecule has 0 bridgehead atoms. The van der Waals surface area contributed by atoms with E-state index >= 15 is 0 Å². The van der Waals surface area contributed by atoms with E-state index in [-0.39, 0.29) is 17.4 Å². The van der Waals surface area contributed by atoms with E-state index in [9.17, 15) is 15.3 Å². The number of phenolic OH excluding ortho intramolecular Hbond substituents is 2. The molecule has 0 unspecified atom stereocenters. The minimum atomic E-state index is -1.02. The lowest BCUT2D eigenvalue weighted by atomic mass is 9.65. The largest absolute Gasteiger partial charge is 0.507 e. The minimum absolute atomic E-state index is 0.0643. The van der Waals surface area contributed by atoms with Crippen LogP contribution in [-0.4, -0.2) is 20.3 Å². The number of hydrogen-bond acceptors (Lipinski definition) is 4. The van der Waals surface area contributed by atoms with Crippen LogP contribution < -0.4 is 0 Å². The Bertz CT molecular complexity index is 1690. The number of aromatic hydroxyl groups is 2. The summed E-state index contributed by atoms with van der Waals surface area (Å²) < 4.78 is 0. The third-order valence-corrected chi connectivity index (χ3v) is 8.70. The summed E-state index contributed by atoms with van der Waals surface area (Å²) in [5.41, 5.74) is 1.99. The van der Waals surface area contributed by atoms with Gasteiger partial charge in [0, 0.05) is 16.7 Å². The van der Waals surface area contributed by atoms with Crippen LogP contribution in [0, 0.1) is 17.8 Å². The summed E-state index contributed by atoms with van der Waals surface area (Å²) in [7, 11) is 0. The molecular formula is C35H35NO3. The van der Waals surface area contributed by atoms with Crippen molar-refractivity contribution in [3.8, 4) is 33.9 Å². The molecule has 0 aliphatic heterocycles. The van der Waals surface area contributed by atoms with Gasteiger partial charge in [-0.15, -0.1) is 0 Å². The monoisotopic (exact) mass is 517 g/mol. The van der Waals surface area contributed by atoms with Gasteiger partial charge in [-0.3, -0.25) is 0 Å². The Morgan fingerprint density at radius 2 is 1.49 bits per heavy atom. The van der Waals surface area contributed by atoms with Gasteiger partial charge in [-0.1, -0.05) is 87.9 Å². The second-order valence-electron chi connectivity index (χ2n) is 11.6. The van der Waals surface area contributed by atoms with Gasteiger partial charge >= 0.3 is 0 Å². The predicted molar refractivity (Wildman–Crippen MR) is 159 cm³/mol. The third kappa shape index (κ3) is 4.24. The standard InChI is InChI=1S/C35H35NO3/c1-21(2)28-17-15-22(3)20-35(28,39)31-14-8-13-29(36-31)27-19-24-10-5-7-12-26(24)33(34(27)38)32-25-11-6-4-9-23(25)16-18-30(32)37/h4-14,16,18-19,21-22,28,37-39H,15,17,20H2,1-3H3/t22-,28+,35+/m1/s1. The van der Waals surface area contributed by atoms with Crippen molar-refractivity contribution < 1.29 is 15.3 Å². The predicted octanol–water partition coefficient (Wildman–Crippen LogP) is 8.41. The topological polar surface area (TPSA) is 73.6 Å². The van der Waals surface area contributed by atoms with Gasteiger partial charge in [0.2, 0.25) is 0 Å². The highest BCUT2D eigenvalue weighted by Crippen LogP contribution is 2.50. The van der Waals surface area contributed by atoms with Crippen LogP contribution in [0.15, 0.2) is 84.9 Å². The van der Waals surface area contributed by atoms with Crippen molar-refractivity contribution in [2.75, 3.05) is 0 Å². The van der Waals surface area contributed by atoms with Crippen molar-refractivity contribution in [2.24, 2.45) is 17.8 Å². The zero-order valence-electron chi connectivity index (χ0n) is 22.7. The fraction of sp³-hybridized carbons (Fsp3) is 0.286. The summed E-state index contributed by atoms with van der Waals surface area (Å²) in [4.78, 5) is 5.02. The van der Waals surface area contributed by atoms with Crippen LogP contribution in [0.3, 0.4) is 0 Å². The molecule has 1 aromatic heterocycles. The van der Waals surface area contributed by atoms with Crippen molar-refractivity contribution >= 4 is 21.5 Å². The van der Waals surface area contributed by atoms with Gasteiger partial charge in [-0.2, -0.15) is 0 Å². The summed E-state index contributed by atoms with van der Waals surface area (Å²) in [5.74, 6) is 1.02. The van der Waals surface area contributed by atoms with Gasteiger partial charge < -0.3 is 15.3 Å². The molecule has 0 saturated heterocycles. The number of aliphatic hydroxyl groups is 1. The molecule has 1 heterocycles. The van der Waals surface area contributed by atoms with Crippen molar-refractivity contribution in [1.29, 1.82) is 0 Å². The van der Waals surface area contributed by atoms with E-state index < -0.39 is 5.60 Å². The maximum Gasteiger partial charge on any atom is 0.133 e. The van der Waals surface area contributed by atoms with Gasteiger partial charge in [-0.25, -0.2) is 4.98 Å². The van der Waals surface area contributed by atoms with E-state index in [1.807, 2.05) is 78.9 Å². The molecule has 39 heavy (non-hydrogen) atoms. The molecule has 4 aromatic carbocycles. The molecule has 4 heteroatoms. The van der Waals surface area contributed by atoms with Gasteiger partial charge in [0.25, 0.3) is 0 Å². The Hall–Kier alpha value is -3.89. The fourth-order valence-corrected chi connectivity index (χ4v) is 6.80. The molecule has 3 N–H and O–H groups in total.